The molecule has 1 aliphatic rings. The molecule has 26 heavy (non-hydrogen) atoms. The molecule has 3 aromatic rings. The predicted molar refractivity (Wildman–Crippen MR) is 99.0 cm³/mol. The highest BCUT2D eigenvalue weighted by molar-refractivity contribution is 5.97. The molecule has 0 spiro atoms. The van der Waals surface area contributed by atoms with E-state index in [-0.39, 0.29) is 11.8 Å². The van der Waals surface area contributed by atoms with Crippen molar-refractivity contribution in [2.45, 2.75) is 18.9 Å². The maximum absolute atomic E-state index is 12.8. The van der Waals surface area contributed by atoms with Crippen molar-refractivity contribution in [1.29, 1.82) is 0 Å². The van der Waals surface area contributed by atoms with Crippen molar-refractivity contribution in [3.05, 3.63) is 71.9 Å². The van der Waals surface area contributed by atoms with Crippen LogP contribution in [0.4, 0.5) is 0 Å². The molecule has 5 heteroatoms. The van der Waals surface area contributed by atoms with Gasteiger partial charge in [0.2, 0.25) is 0 Å². The van der Waals surface area contributed by atoms with Crippen LogP contribution >= 0.6 is 0 Å². The van der Waals surface area contributed by atoms with Gasteiger partial charge in [-0.1, -0.05) is 36.4 Å². The van der Waals surface area contributed by atoms with Crippen LogP contribution in [0.2, 0.25) is 0 Å². The van der Waals surface area contributed by atoms with Crippen molar-refractivity contribution in [3.63, 3.8) is 0 Å². The summed E-state index contributed by atoms with van der Waals surface area (Å²) < 4.78 is 0. The number of rotatable bonds is 4. The van der Waals surface area contributed by atoms with Crippen LogP contribution in [0.15, 0.2) is 60.8 Å². The van der Waals surface area contributed by atoms with E-state index in [0.717, 1.165) is 16.5 Å². The first-order valence-corrected chi connectivity index (χ1v) is 8.79. The van der Waals surface area contributed by atoms with Gasteiger partial charge in [0.1, 0.15) is 6.04 Å². The lowest BCUT2D eigenvalue weighted by Gasteiger charge is -2.25. The van der Waals surface area contributed by atoms with E-state index in [2.05, 4.69) is 4.98 Å². The number of fused-ring (bicyclic) bond motifs is 1. The second-order valence-electron chi connectivity index (χ2n) is 6.76. The second kappa shape index (κ2) is 6.67. The Morgan fingerprint density at radius 1 is 1.08 bits per heavy atom. The first-order valence-electron chi connectivity index (χ1n) is 8.79. The van der Waals surface area contributed by atoms with Crippen molar-refractivity contribution < 1.29 is 14.7 Å². The normalized spacial score (nSPS) is 19.8. The maximum atomic E-state index is 12.8. The summed E-state index contributed by atoms with van der Waals surface area (Å²) in [5, 5.41) is 10.9. The number of hydrogen-bond acceptors (Lipinski definition) is 2. The zero-order chi connectivity index (χ0) is 18.1. The molecule has 1 amide bonds. The van der Waals surface area contributed by atoms with Crippen LogP contribution in [0, 0.1) is 5.92 Å². The number of aromatic amines is 1. The number of carboxylic acid groups (broad SMARTS) is 1. The molecule has 4 rings (SSSR count). The number of carboxylic acids is 1. The molecule has 0 radical (unpaired) electrons. The van der Waals surface area contributed by atoms with Crippen LogP contribution in [0.3, 0.4) is 0 Å². The number of nitrogens with zero attached hydrogens (tertiary/aromatic N) is 1. The molecule has 1 aromatic heterocycles. The van der Waals surface area contributed by atoms with Gasteiger partial charge >= 0.3 is 5.97 Å². The molecule has 1 fully saturated rings. The number of nitrogens with one attached hydrogen (secondary N) is 1. The fourth-order valence-corrected chi connectivity index (χ4v) is 3.96. The summed E-state index contributed by atoms with van der Waals surface area (Å²) >= 11 is 0. The molecule has 0 aliphatic carbocycles. The van der Waals surface area contributed by atoms with E-state index in [1.54, 1.807) is 24.3 Å². The molecule has 0 unspecified atom stereocenters. The topological polar surface area (TPSA) is 73.4 Å². The van der Waals surface area contributed by atoms with Gasteiger partial charge < -0.3 is 15.0 Å². The zero-order valence-electron chi connectivity index (χ0n) is 14.3. The number of benzene rings is 2. The number of likely N-dealkylation sites (tertiary alicyclic amines) is 1. The van der Waals surface area contributed by atoms with Crippen molar-refractivity contribution in [2.24, 2.45) is 5.92 Å². The number of carbonyl (C=O) groups is 2. The molecular weight excluding hydrogens is 328 g/mol. The first-order chi connectivity index (χ1) is 12.6. The van der Waals surface area contributed by atoms with E-state index in [9.17, 15) is 14.7 Å². The molecule has 132 valence electrons. The number of carbonyl (C=O) groups excluding carboxylic acids is 1. The molecule has 1 aliphatic heterocycles. The Hall–Kier alpha value is -3.08. The Bertz CT molecular complexity index is 948. The number of para-hydroxylation sites is 1. The number of amides is 1. The summed E-state index contributed by atoms with van der Waals surface area (Å²) in [6.45, 7) is 0.470. The molecule has 1 saturated heterocycles. The highest BCUT2D eigenvalue weighted by Crippen LogP contribution is 2.31. The van der Waals surface area contributed by atoms with E-state index in [1.807, 2.05) is 36.5 Å². The minimum absolute atomic E-state index is 0.0978. The molecule has 0 saturated carbocycles. The summed E-state index contributed by atoms with van der Waals surface area (Å²) in [6.07, 6.45) is 3.28. The van der Waals surface area contributed by atoms with Gasteiger partial charge in [0, 0.05) is 29.2 Å². The minimum Gasteiger partial charge on any atom is -0.480 e. The molecule has 2 aromatic carbocycles. The third kappa shape index (κ3) is 2.86. The van der Waals surface area contributed by atoms with Gasteiger partial charge in [0.25, 0.3) is 5.91 Å². The van der Waals surface area contributed by atoms with Gasteiger partial charge in [-0.2, -0.15) is 0 Å². The molecule has 5 nitrogen and oxygen atoms in total. The Morgan fingerprint density at radius 2 is 1.81 bits per heavy atom. The number of H-pyrrole nitrogens is 1. The summed E-state index contributed by atoms with van der Waals surface area (Å²) in [5.74, 6) is -1.24. The zero-order valence-corrected chi connectivity index (χ0v) is 14.3. The maximum Gasteiger partial charge on any atom is 0.326 e. The molecule has 0 bridgehead atoms. The van der Waals surface area contributed by atoms with Crippen LogP contribution in [-0.2, 0) is 11.2 Å². The minimum atomic E-state index is -0.934. The smallest absolute Gasteiger partial charge is 0.326 e. The van der Waals surface area contributed by atoms with E-state index in [0.29, 0.717) is 24.9 Å². The molecule has 2 heterocycles. The largest absolute Gasteiger partial charge is 0.480 e. The highest BCUT2D eigenvalue weighted by Gasteiger charge is 2.42. The third-order valence-corrected chi connectivity index (χ3v) is 5.21. The average molecular weight is 348 g/mol. The van der Waals surface area contributed by atoms with Crippen LogP contribution in [-0.4, -0.2) is 39.5 Å². The fourth-order valence-electron chi connectivity index (χ4n) is 3.96. The van der Waals surface area contributed by atoms with E-state index in [1.165, 1.54) is 4.90 Å². The van der Waals surface area contributed by atoms with Crippen molar-refractivity contribution in [3.8, 4) is 0 Å². The third-order valence-electron chi connectivity index (χ3n) is 5.21. The van der Waals surface area contributed by atoms with Gasteiger partial charge in [-0.05, 0) is 42.5 Å². The Balaban J connectivity index is 1.59. The van der Waals surface area contributed by atoms with Gasteiger partial charge in [0.15, 0.2) is 0 Å². The Kier molecular flexibility index (Phi) is 4.21. The van der Waals surface area contributed by atoms with Crippen LogP contribution in [0.25, 0.3) is 10.9 Å². The first kappa shape index (κ1) is 16.4. The Morgan fingerprint density at radius 3 is 2.58 bits per heavy atom. The summed E-state index contributed by atoms with van der Waals surface area (Å²) in [4.78, 5) is 29.5. The lowest BCUT2D eigenvalue weighted by atomic mass is 9.92. The number of hydrogen-bond donors (Lipinski definition) is 2. The average Bonchev–Trinajstić information content (AvgIpc) is 3.27. The number of aliphatic carboxylic acids is 1. The number of aromatic nitrogens is 1. The van der Waals surface area contributed by atoms with Crippen LogP contribution in [0.1, 0.15) is 22.3 Å². The standard InChI is InChI=1S/C21H20N2O3/c24-20(14-6-2-1-3-7-14)23-11-10-15(19(23)21(25)26)12-16-13-22-18-9-5-4-8-17(16)18/h1-9,13,15,19,22H,10-12H2,(H,25,26)/t15-,19-/m0/s1. The fraction of sp³-hybridized carbons (Fsp3) is 0.238. The van der Waals surface area contributed by atoms with Gasteiger partial charge in [-0.3, -0.25) is 4.79 Å². The van der Waals surface area contributed by atoms with Gasteiger partial charge in [-0.15, -0.1) is 0 Å². The molecule has 2 atom stereocenters. The molecular formula is C21H20N2O3. The van der Waals surface area contributed by atoms with Crippen LogP contribution < -0.4 is 0 Å². The Labute approximate surface area is 151 Å². The summed E-state index contributed by atoms with van der Waals surface area (Å²) in [7, 11) is 0. The SMILES string of the molecule is O=C(O)[C@@H]1[C@H](Cc2c[nH]c3ccccc23)CCN1C(=O)c1ccccc1. The second-order valence-corrected chi connectivity index (χ2v) is 6.76. The monoisotopic (exact) mass is 348 g/mol. The van der Waals surface area contributed by atoms with Gasteiger partial charge in [0.05, 0.1) is 0 Å². The predicted octanol–water partition coefficient (Wildman–Crippen LogP) is 3.33. The molecule has 2 N–H and O–H groups in total. The van der Waals surface area contributed by atoms with E-state index >= 15 is 0 Å². The lowest BCUT2D eigenvalue weighted by Crippen LogP contribution is -2.43. The quantitative estimate of drug-likeness (QED) is 0.759. The summed E-state index contributed by atoms with van der Waals surface area (Å²) in [6, 6.07) is 16.1. The van der Waals surface area contributed by atoms with Crippen molar-refractivity contribution in [2.75, 3.05) is 6.54 Å². The van der Waals surface area contributed by atoms with Crippen molar-refractivity contribution >= 4 is 22.8 Å². The van der Waals surface area contributed by atoms with E-state index < -0.39 is 12.0 Å². The van der Waals surface area contributed by atoms with Gasteiger partial charge in [-0.25, -0.2) is 4.79 Å². The summed E-state index contributed by atoms with van der Waals surface area (Å²) in [5.41, 5.74) is 2.68. The van der Waals surface area contributed by atoms with Crippen LogP contribution in [0.5, 0.6) is 0 Å². The lowest BCUT2D eigenvalue weighted by molar-refractivity contribution is -0.142. The van der Waals surface area contributed by atoms with Crippen molar-refractivity contribution in [1.82, 2.24) is 9.88 Å². The highest BCUT2D eigenvalue weighted by atomic mass is 16.4. The van der Waals surface area contributed by atoms with E-state index in [4.69, 9.17) is 0 Å².